The summed E-state index contributed by atoms with van der Waals surface area (Å²) in [6.07, 6.45) is 5.95. The van der Waals surface area contributed by atoms with Crippen molar-refractivity contribution in [2.75, 3.05) is 0 Å². The predicted molar refractivity (Wildman–Crippen MR) is 57.2 cm³/mol. The fourth-order valence-corrected chi connectivity index (χ4v) is 2.09. The summed E-state index contributed by atoms with van der Waals surface area (Å²) in [5.74, 6) is 1.07. The zero-order valence-corrected chi connectivity index (χ0v) is 8.07. The largest absolute Gasteiger partial charge is 0.313 e. The van der Waals surface area contributed by atoms with E-state index in [9.17, 15) is 0 Å². The molecule has 0 atom stereocenters. The molecule has 0 N–H and O–H groups in total. The van der Waals surface area contributed by atoms with Gasteiger partial charge in [-0.2, -0.15) is 0 Å². The van der Waals surface area contributed by atoms with Crippen molar-refractivity contribution in [3.63, 3.8) is 0 Å². The monoisotopic (exact) mass is 185 g/mol. The zero-order valence-electron chi connectivity index (χ0n) is 8.07. The highest BCUT2D eigenvalue weighted by Gasteiger charge is 2.16. The molecular formula is C11H11N3. The Hall–Kier alpha value is -1.64. The first-order valence-electron chi connectivity index (χ1n) is 4.83. The van der Waals surface area contributed by atoms with Crippen molar-refractivity contribution in [3.05, 3.63) is 23.9 Å². The number of aryl methyl sites for hydroxylation is 2. The van der Waals surface area contributed by atoms with Crippen LogP contribution in [0.25, 0.3) is 11.0 Å². The Labute approximate surface area is 82.1 Å². The maximum atomic E-state index is 4.43. The molecule has 70 valence electrons. The van der Waals surface area contributed by atoms with E-state index in [1.807, 2.05) is 25.5 Å². The first-order chi connectivity index (χ1) is 6.88. The highest BCUT2D eigenvalue weighted by Crippen LogP contribution is 2.32. The summed E-state index contributed by atoms with van der Waals surface area (Å²) >= 11 is 0. The van der Waals surface area contributed by atoms with Crippen molar-refractivity contribution < 1.29 is 0 Å². The topological polar surface area (TPSA) is 30.2 Å². The molecule has 3 nitrogen and oxygen atoms in total. The van der Waals surface area contributed by atoms with Gasteiger partial charge in [-0.15, -0.1) is 0 Å². The second kappa shape index (κ2) is 2.67. The van der Waals surface area contributed by atoms with Crippen molar-refractivity contribution in [2.24, 2.45) is 12.0 Å². The number of hydrogen-bond donors (Lipinski definition) is 0. The number of hydrogen-bond acceptors (Lipinski definition) is 2. The van der Waals surface area contributed by atoms with Crippen LogP contribution >= 0.6 is 0 Å². The Morgan fingerprint density at radius 3 is 3.29 bits per heavy atom. The highest BCUT2D eigenvalue weighted by atomic mass is 15.1. The van der Waals surface area contributed by atoms with Crippen LogP contribution in [-0.4, -0.2) is 15.8 Å². The van der Waals surface area contributed by atoms with Gasteiger partial charge in [0.2, 0.25) is 0 Å². The molecule has 3 rings (SSSR count). The Kier molecular flexibility index (Phi) is 1.48. The summed E-state index contributed by atoms with van der Waals surface area (Å²) in [4.78, 5) is 8.80. The fraction of sp³-hybridized carbons (Fsp3) is 0.273. The summed E-state index contributed by atoms with van der Waals surface area (Å²) in [7, 11) is 2.02. The minimum atomic E-state index is 1.04. The van der Waals surface area contributed by atoms with Gasteiger partial charge >= 0.3 is 0 Å². The van der Waals surface area contributed by atoms with Gasteiger partial charge in [0.05, 0.1) is 0 Å². The Bertz CT molecular complexity index is 523. The highest BCUT2D eigenvalue weighted by molar-refractivity contribution is 5.88. The Morgan fingerprint density at radius 1 is 1.43 bits per heavy atom. The summed E-state index contributed by atoms with van der Waals surface area (Å²) in [5, 5.41) is 1.25. The first-order valence-corrected chi connectivity index (χ1v) is 4.83. The van der Waals surface area contributed by atoms with Gasteiger partial charge in [-0.1, -0.05) is 0 Å². The summed E-state index contributed by atoms with van der Waals surface area (Å²) in [6.45, 7) is 0. The van der Waals surface area contributed by atoms with Gasteiger partial charge in [-0.25, -0.2) is 9.98 Å². The van der Waals surface area contributed by atoms with Gasteiger partial charge in [0, 0.05) is 30.4 Å². The second-order valence-corrected chi connectivity index (χ2v) is 3.59. The minimum absolute atomic E-state index is 1.04. The van der Waals surface area contributed by atoms with Gasteiger partial charge in [-0.05, 0) is 25.0 Å². The van der Waals surface area contributed by atoms with E-state index >= 15 is 0 Å². The molecule has 2 aromatic heterocycles. The molecule has 3 heteroatoms. The SMILES string of the molecule is Cn1c2c(c3cccnc31)CCC=N2. The molecule has 2 aromatic rings. The van der Waals surface area contributed by atoms with Crippen LogP contribution in [0.2, 0.25) is 0 Å². The van der Waals surface area contributed by atoms with Crippen molar-refractivity contribution in [3.8, 4) is 0 Å². The number of rotatable bonds is 0. The standard InChI is InChI=1S/C11H11N3/c1-14-10-8(4-2-6-12-10)9-5-3-7-13-11(9)14/h2,4,6-7H,3,5H2,1H3. The lowest BCUT2D eigenvalue weighted by atomic mass is 10.1. The van der Waals surface area contributed by atoms with Crippen LogP contribution in [0.3, 0.4) is 0 Å². The van der Waals surface area contributed by atoms with E-state index in [-0.39, 0.29) is 0 Å². The number of pyridine rings is 1. The van der Waals surface area contributed by atoms with Crippen LogP contribution in [0.4, 0.5) is 5.82 Å². The Balaban J connectivity index is 2.48. The van der Waals surface area contributed by atoms with E-state index in [4.69, 9.17) is 0 Å². The average Bonchev–Trinajstić information content (AvgIpc) is 2.55. The van der Waals surface area contributed by atoms with E-state index < -0.39 is 0 Å². The molecule has 3 heterocycles. The number of fused-ring (bicyclic) bond motifs is 3. The fourth-order valence-electron chi connectivity index (χ4n) is 2.09. The van der Waals surface area contributed by atoms with E-state index in [1.54, 1.807) is 0 Å². The van der Waals surface area contributed by atoms with E-state index in [1.165, 1.54) is 10.9 Å². The molecule has 0 aromatic carbocycles. The molecule has 0 saturated heterocycles. The maximum Gasteiger partial charge on any atom is 0.141 e. The van der Waals surface area contributed by atoms with Crippen molar-refractivity contribution in [1.82, 2.24) is 9.55 Å². The van der Waals surface area contributed by atoms with Gasteiger partial charge in [0.15, 0.2) is 0 Å². The quantitative estimate of drug-likeness (QED) is 0.619. The molecule has 0 fully saturated rings. The van der Waals surface area contributed by atoms with Gasteiger partial charge in [0.25, 0.3) is 0 Å². The van der Waals surface area contributed by atoms with Crippen molar-refractivity contribution >= 4 is 23.1 Å². The maximum absolute atomic E-state index is 4.43. The third-order valence-corrected chi connectivity index (χ3v) is 2.75. The zero-order chi connectivity index (χ0) is 9.54. The lowest BCUT2D eigenvalue weighted by molar-refractivity contribution is 0.916. The number of aliphatic imine (C=N–C) groups is 1. The molecular weight excluding hydrogens is 174 g/mol. The number of nitrogens with zero attached hydrogens (tertiary/aromatic N) is 3. The molecule has 0 spiro atoms. The number of aromatic nitrogens is 2. The summed E-state index contributed by atoms with van der Waals surface area (Å²) in [6, 6.07) is 4.11. The second-order valence-electron chi connectivity index (χ2n) is 3.59. The van der Waals surface area contributed by atoms with E-state index in [0.29, 0.717) is 0 Å². The molecule has 1 aliphatic heterocycles. The molecule has 0 saturated carbocycles. The molecule has 14 heavy (non-hydrogen) atoms. The normalized spacial score (nSPS) is 14.6. The lowest BCUT2D eigenvalue weighted by Crippen LogP contribution is -1.94. The summed E-state index contributed by atoms with van der Waals surface area (Å²) < 4.78 is 2.07. The average molecular weight is 185 g/mol. The molecule has 0 radical (unpaired) electrons. The van der Waals surface area contributed by atoms with Crippen LogP contribution in [-0.2, 0) is 13.5 Å². The summed E-state index contributed by atoms with van der Waals surface area (Å²) in [5.41, 5.74) is 2.38. The van der Waals surface area contributed by atoms with Crippen LogP contribution < -0.4 is 0 Å². The third kappa shape index (κ3) is 0.867. The smallest absolute Gasteiger partial charge is 0.141 e. The first kappa shape index (κ1) is 7.74. The molecule has 1 aliphatic rings. The van der Waals surface area contributed by atoms with Gasteiger partial charge < -0.3 is 4.57 Å². The van der Waals surface area contributed by atoms with E-state index in [0.717, 1.165) is 24.3 Å². The lowest BCUT2D eigenvalue weighted by Gasteiger charge is -2.05. The van der Waals surface area contributed by atoms with Crippen LogP contribution in [0.15, 0.2) is 23.3 Å². The Morgan fingerprint density at radius 2 is 2.36 bits per heavy atom. The predicted octanol–water partition coefficient (Wildman–Crippen LogP) is 2.22. The third-order valence-electron chi connectivity index (χ3n) is 2.75. The van der Waals surface area contributed by atoms with Crippen molar-refractivity contribution in [2.45, 2.75) is 12.8 Å². The molecule has 0 aliphatic carbocycles. The molecule has 0 bridgehead atoms. The molecule has 0 amide bonds. The van der Waals surface area contributed by atoms with Crippen LogP contribution in [0.5, 0.6) is 0 Å². The van der Waals surface area contributed by atoms with Gasteiger partial charge in [-0.3, -0.25) is 0 Å². The minimum Gasteiger partial charge on any atom is -0.313 e. The van der Waals surface area contributed by atoms with Gasteiger partial charge in [0.1, 0.15) is 11.5 Å². The molecule has 0 unspecified atom stereocenters. The van der Waals surface area contributed by atoms with Crippen molar-refractivity contribution in [1.29, 1.82) is 0 Å². The van der Waals surface area contributed by atoms with Crippen LogP contribution in [0, 0.1) is 0 Å². The van der Waals surface area contributed by atoms with E-state index in [2.05, 4.69) is 20.6 Å². The van der Waals surface area contributed by atoms with Crippen LogP contribution in [0.1, 0.15) is 12.0 Å².